The molecule has 0 saturated carbocycles. The van der Waals surface area contributed by atoms with Crippen LogP contribution in [0.1, 0.15) is 31.9 Å². The number of ether oxygens (including phenoxy) is 2. The number of hydrogen-bond donors (Lipinski definition) is 1. The van der Waals surface area contributed by atoms with Crippen LogP contribution in [0, 0.1) is 0 Å². The van der Waals surface area contributed by atoms with Gasteiger partial charge in [0.15, 0.2) is 11.5 Å². The smallest absolute Gasteiger partial charge is 0.161 e. The third kappa shape index (κ3) is 6.60. The molecule has 0 aromatic heterocycles. The Morgan fingerprint density at radius 2 is 1.58 bits per heavy atom. The van der Waals surface area contributed by atoms with Gasteiger partial charge in [0, 0.05) is 17.1 Å². The first-order valence-corrected chi connectivity index (χ1v) is 8.04. The van der Waals surface area contributed by atoms with Gasteiger partial charge in [0.1, 0.15) is 6.61 Å². The lowest BCUT2D eigenvalue weighted by molar-refractivity contribution is 0.284. The zero-order valence-corrected chi connectivity index (χ0v) is 16.1. The normalized spacial score (nSPS) is 10.9. The molecule has 0 bridgehead atoms. The molecule has 3 nitrogen and oxygen atoms in total. The average molecular weight is 370 g/mol. The molecular weight excluding hydrogens is 345 g/mol. The Hall–Kier alpha value is -1.42. The second kappa shape index (κ2) is 9.16. The number of rotatable bonds is 6. The molecule has 0 radical (unpaired) electrons. The van der Waals surface area contributed by atoms with Crippen molar-refractivity contribution in [3.63, 3.8) is 0 Å². The van der Waals surface area contributed by atoms with Crippen molar-refractivity contribution in [2.75, 3.05) is 7.11 Å². The molecule has 0 spiro atoms. The van der Waals surface area contributed by atoms with Gasteiger partial charge >= 0.3 is 0 Å². The van der Waals surface area contributed by atoms with Gasteiger partial charge in [0.25, 0.3) is 0 Å². The Labute approximate surface area is 155 Å². The van der Waals surface area contributed by atoms with E-state index in [4.69, 9.17) is 21.1 Å². The molecule has 0 fully saturated rings. The van der Waals surface area contributed by atoms with Crippen molar-refractivity contribution in [1.29, 1.82) is 0 Å². The van der Waals surface area contributed by atoms with E-state index < -0.39 is 0 Å². The number of hydrogen-bond acceptors (Lipinski definition) is 3. The number of methoxy groups -OCH3 is 1. The molecule has 1 N–H and O–H groups in total. The summed E-state index contributed by atoms with van der Waals surface area (Å²) < 4.78 is 11.3. The highest BCUT2D eigenvalue weighted by Crippen LogP contribution is 2.29. The summed E-state index contributed by atoms with van der Waals surface area (Å²) in [6.07, 6.45) is 0. The lowest BCUT2D eigenvalue weighted by atomic mass is 10.1. The summed E-state index contributed by atoms with van der Waals surface area (Å²) in [6.45, 7) is 7.71. The van der Waals surface area contributed by atoms with Gasteiger partial charge in [0.2, 0.25) is 0 Å². The van der Waals surface area contributed by atoms with Crippen molar-refractivity contribution >= 4 is 24.0 Å². The lowest BCUT2D eigenvalue weighted by Gasteiger charge is -2.21. The number of halogens is 2. The van der Waals surface area contributed by atoms with Crippen LogP contribution in [0.15, 0.2) is 42.5 Å². The maximum absolute atomic E-state index is 5.89. The molecule has 0 saturated heterocycles. The molecule has 0 unspecified atom stereocenters. The minimum atomic E-state index is 0. The summed E-state index contributed by atoms with van der Waals surface area (Å²) in [7, 11) is 1.66. The summed E-state index contributed by atoms with van der Waals surface area (Å²) in [6, 6.07) is 13.6. The third-order valence-corrected chi connectivity index (χ3v) is 3.61. The highest BCUT2D eigenvalue weighted by atomic mass is 35.5. The van der Waals surface area contributed by atoms with Crippen molar-refractivity contribution in [3.8, 4) is 11.5 Å². The lowest BCUT2D eigenvalue weighted by Crippen LogP contribution is -2.35. The molecule has 132 valence electrons. The van der Waals surface area contributed by atoms with Crippen LogP contribution in [-0.4, -0.2) is 12.6 Å². The first-order chi connectivity index (χ1) is 10.9. The monoisotopic (exact) mass is 369 g/mol. The van der Waals surface area contributed by atoms with E-state index in [1.807, 2.05) is 36.4 Å². The van der Waals surface area contributed by atoms with Crippen molar-refractivity contribution in [1.82, 2.24) is 5.32 Å². The molecule has 0 aliphatic heterocycles. The van der Waals surface area contributed by atoms with Crippen molar-refractivity contribution < 1.29 is 9.47 Å². The Kier molecular flexibility index (Phi) is 7.88. The fraction of sp³-hybridized carbons (Fsp3) is 0.368. The quantitative estimate of drug-likeness (QED) is 0.755. The van der Waals surface area contributed by atoms with Gasteiger partial charge in [-0.25, -0.2) is 0 Å². The first kappa shape index (κ1) is 20.6. The van der Waals surface area contributed by atoms with Crippen LogP contribution in [-0.2, 0) is 13.2 Å². The Bertz CT molecular complexity index is 637. The maximum Gasteiger partial charge on any atom is 0.161 e. The zero-order chi connectivity index (χ0) is 16.9. The van der Waals surface area contributed by atoms with Crippen molar-refractivity contribution in [2.45, 2.75) is 39.5 Å². The molecule has 2 aromatic rings. The van der Waals surface area contributed by atoms with E-state index in [0.29, 0.717) is 6.61 Å². The molecule has 0 amide bonds. The summed E-state index contributed by atoms with van der Waals surface area (Å²) in [4.78, 5) is 0. The number of nitrogens with one attached hydrogen (secondary N) is 1. The van der Waals surface area contributed by atoms with E-state index in [0.717, 1.165) is 34.2 Å². The Morgan fingerprint density at radius 3 is 2.17 bits per heavy atom. The Balaban J connectivity index is 0.00000288. The topological polar surface area (TPSA) is 30.5 Å². The van der Waals surface area contributed by atoms with Gasteiger partial charge in [-0.05, 0) is 56.2 Å². The Morgan fingerprint density at radius 1 is 0.958 bits per heavy atom. The van der Waals surface area contributed by atoms with E-state index in [-0.39, 0.29) is 17.9 Å². The largest absolute Gasteiger partial charge is 0.493 e. The van der Waals surface area contributed by atoms with Gasteiger partial charge in [0.05, 0.1) is 7.11 Å². The fourth-order valence-corrected chi connectivity index (χ4v) is 2.18. The summed E-state index contributed by atoms with van der Waals surface area (Å²) >= 11 is 5.89. The van der Waals surface area contributed by atoms with E-state index in [1.54, 1.807) is 7.11 Å². The van der Waals surface area contributed by atoms with Gasteiger partial charge < -0.3 is 14.8 Å². The van der Waals surface area contributed by atoms with Crippen LogP contribution >= 0.6 is 24.0 Å². The predicted molar refractivity (Wildman–Crippen MR) is 103 cm³/mol. The molecule has 0 atom stereocenters. The maximum atomic E-state index is 5.89. The summed E-state index contributed by atoms with van der Waals surface area (Å²) in [5.41, 5.74) is 2.31. The van der Waals surface area contributed by atoms with Gasteiger partial charge in [-0.2, -0.15) is 0 Å². The van der Waals surface area contributed by atoms with Crippen LogP contribution in [0.5, 0.6) is 11.5 Å². The fourth-order valence-electron chi connectivity index (χ4n) is 2.05. The van der Waals surface area contributed by atoms with Crippen LogP contribution in [0.25, 0.3) is 0 Å². The molecule has 2 rings (SSSR count). The zero-order valence-electron chi connectivity index (χ0n) is 14.6. The van der Waals surface area contributed by atoms with Crippen LogP contribution < -0.4 is 14.8 Å². The molecule has 0 aliphatic carbocycles. The second-order valence-electron chi connectivity index (χ2n) is 6.50. The third-order valence-electron chi connectivity index (χ3n) is 3.36. The standard InChI is InChI=1S/C19H24ClNO2.ClH/c1-19(2,3)21-12-15-7-10-17(18(11-15)22-4)23-13-14-5-8-16(20)9-6-14;/h5-11,21H,12-13H2,1-4H3;1H. The second-order valence-corrected chi connectivity index (χ2v) is 6.94. The van der Waals surface area contributed by atoms with Crippen molar-refractivity contribution in [3.05, 3.63) is 58.6 Å². The summed E-state index contributed by atoms with van der Waals surface area (Å²) in [5, 5.41) is 4.19. The minimum absolute atomic E-state index is 0. The summed E-state index contributed by atoms with van der Waals surface area (Å²) in [5.74, 6) is 1.48. The van der Waals surface area contributed by atoms with Gasteiger partial charge in [-0.15, -0.1) is 12.4 Å². The molecule has 2 aromatic carbocycles. The molecular formula is C19H25Cl2NO2. The number of benzene rings is 2. The van der Waals surface area contributed by atoms with E-state index in [9.17, 15) is 0 Å². The van der Waals surface area contributed by atoms with E-state index in [1.165, 1.54) is 0 Å². The van der Waals surface area contributed by atoms with Crippen LogP contribution in [0.3, 0.4) is 0 Å². The van der Waals surface area contributed by atoms with Crippen LogP contribution in [0.2, 0.25) is 5.02 Å². The SMILES string of the molecule is COc1cc(CNC(C)(C)C)ccc1OCc1ccc(Cl)cc1.Cl. The van der Waals surface area contributed by atoms with E-state index in [2.05, 4.69) is 32.2 Å². The highest BCUT2D eigenvalue weighted by molar-refractivity contribution is 6.30. The highest BCUT2D eigenvalue weighted by Gasteiger charge is 2.10. The predicted octanol–water partition coefficient (Wildman–Crippen LogP) is 5.24. The molecule has 0 heterocycles. The van der Waals surface area contributed by atoms with E-state index >= 15 is 0 Å². The first-order valence-electron chi connectivity index (χ1n) is 7.66. The van der Waals surface area contributed by atoms with Crippen molar-refractivity contribution in [2.24, 2.45) is 0 Å². The minimum Gasteiger partial charge on any atom is -0.493 e. The van der Waals surface area contributed by atoms with Gasteiger partial charge in [-0.3, -0.25) is 0 Å². The van der Waals surface area contributed by atoms with Crippen LogP contribution in [0.4, 0.5) is 0 Å². The molecule has 24 heavy (non-hydrogen) atoms. The van der Waals surface area contributed by atoms with Gasteiger partial charge in [-0.1, -0.05) is 29.8 Å². The molecule has 5 heteroatoms. The average Bonchev–Trinajstić information content (AvgIpc) is 2.52. The molecule has 0 aliphatic rings.